The molecule has 1 unspecified atom stereocenters. The molecule has 3 aromatic carbocycles. The molecule has 33 heavy (non-hydrogen) atoms. The Kier molecular flexibility index (Phi) is 6.88. The second kappa shape index (κ2) is 10.2. The third-order valence-electron chi connectivity index (χ3n) is 5.45. The third kappa shape index (κ3) is 5.88. The van der Waals surface area contributed by atoms with E-state index in [4.69, 9.17) is 4.84 Å². The Bertz CT molecular complexity index is 1120. The second-order valence-electron chi connectivity index (χ2n) is 8.22. The predicted octanol–water partition coefficient (Wildman–Crippen LogP) is 5.12. The van der Waals surface area contributed by atoms with Crippen molar-refractivity contribution in [1.82, 2.24) is 4.90 Å². The van der Waals surface area contributed by atoms with Crippen molar-refractivity contribution in [2.75, 3.05) is 30.9 Å². The van der Waals surface area contributed by atoms with Crippen LogP contribution in [0.5, 0.6) is 0 Å². The van der Waals surface area contributed by atoms with Gasteiger partial charge in [0.25, 0.3) is 0 Å². The van der Waals surface area contributed by atoms with Crippen LogP contribution in [0.3, 0.4) is 0 Å². The first-order chi connectivity index (χ1) is 16.0. The molecule has 0 radical (unpaired) electrons. The Morgan fingerprint density at radius 1 is 1.06 bits per heavy atom. The highest BCUT2D eigenvalue weighted by molar-refractivity contribution is 6.01. The van der Waals surface area contributed by atoms with Crippen molar-refractivity contribution in [3.05, 3.63) is 95.8 Å². The van der Waals surface area contributed by atoms with Crippen LogP contribution in [0, 0.1) is 5.82 Å². The number of oxime groups is 1. The smallest absolute Gasteiger partial charge is 0.322 e. The van der Waals surface area contributed by atoms with Gasteiger partial charge in [-0.05, 0) is 41.5 Å². The minimum atomic E-state index is -0.403. The molecule has 0 aromatic heterocycles. The van der Waals surface area contributed by atoms with Gasteiger partial charge in [-0.1, -0.05) is 53.7 Å². The Morgan fingerprint density at radius 2 is 1.82 bits per heavy atom. The standard InChI is InChI=1S/C26H27FN4O2/c1-30(2)23-13-11-20(12-14-23)25-16-24(33-29-25)18-31(17-19-7-4-3-5-8-19)26(32)28-22-10-6-9-21(27)15-22/h3-15,24H,16-18H2,1-2H3,(H,28,32). The Balaban J connectivity index is 1.44. The van der Waals surface area contributed by atoms with Crippen molar-refractivity contribution in [3.63, 3.8) is 0 Å². The molecular weight excluding hydrogens is 419 g/mol. The molecule has 1 N–H and O–H groups in total. The number of hydrogen-bond donors (Lipinski definition) is 1. The molecule has 1 aliphatic rings. The lowest BCUT2D eigenvalue weighted by molar-refractivity contribution is 0.0608. The molecule has 7 heteroatoms. The summed E-state index contributed by atoms with van der Waals surface area (Å²) in [6.07, 6.45) is 0.329. The Labute approximate surface area is 193 Å². The van der Waals surface area contributed by atoms with E-state index in [0.29, 0.717) is 25.2 Å². The molecule has 1 aliphatic heterocycles. The van der Waals surface area contributed by atoms with E-state index in [-0.39, 0.29) is 12.1 Å². The minimum Gasteiger partial charge on any atom is -0.390 e. The molecule has 170 valence electrons. The number of rotatable bonds is 7. The van der Waals surface area contributed by atoms with Crippen molar-refractivity contribution < 1.29 is 14.0 Å². The van der Waals surface area contributed by atoms with Crippen LogP contribution in [0.15, 0.2) is 84.0 Å². The molecule has 2 amide bonds. The van der Waals surface area contributed by atoms with Crippen molar-refractivity contribution in [2.24, 2.45) is 5.16 Å². The quantitative estimate of drug-likeness (QED) is 0.548. The van der Waals surface area contributed by atoms with Gasteiger partial charge in [0.15, 0.2) is 6.10 Å². The number of nitrogens with zero attached hydrogens (tertiary/aromatic N) is 3. The molecule has 0 saturated heterocycles. The zero-order valence-electron chi connectivity index (χ0n) is 18.7. The van der Waals surface area contributed by atoms with Crippen molar-refractivity contribution in [1.29, 1.82) is 0 Å². The molecule has 1 heterocycles. The fourth-order valence-electron chi connectivity index (χ4n) is 3.69. The molecular formula is C26H27FN4O2. The van der Waals surface area contributed by atoms with Gasteiger partial charge in [-0.2, -0.15) is 0 Å². The molecule has 6 nitrogen and oxygen atoms in total. The molecule has 3 aromatic rings. The third-order valence-corrected chi connectivity index (χ3v) is 5.45. The maximum absolute atomic E-state index is 13.6. The second-order valence-corrected chi connectivity index (χ2v) is 8.22. The van der Waals surface area contributed by atoms with E-state index < -0.39 is 5.82 Å². The van der Waals surface area contributed by atoms with Crippen molar-refractivity contribution in [3.8, 4) is 0 Å². The Hall–Kier alpha value is -3.87. The first kappa shape index (κ1) is 22.3. The van der Waals surface area contributed by atoms with E-state index in [1.807, 2.05) is 73.6 Å². The summed E-state index contributed by atoms with van der Waals surface area (Å²) < 4.78 is 13.6. The van der Waals surface area contributed by atoms with Crippen LogP contribution in [0.25, 0.3) is 0 Å². The highest BCUT2D eigenvalue weighted by Crippen LogP contribution is 2.21. The predicted molar refractivity (Wildman–Crippen MR) is 129 cm³/mol. The topological polar surface area (TPSA) is 57.2 Å². The summed E-state index contributed by atoms with van der Waals surface area (Å²) in [7, 11) is 3.99. The van der Waals surface area contributed by atoms with Gasteiger partial charge < -0.3 is 20.0 Å². The molecule has 0 bridgehead atoms. The van der Waals surface area contributed by atoms with Gasteiger partial charge in [0.2, 0.25) is 0 Å². The van der Waals surface area contributed by atoms with Crippen LogP contribution < -0.4 is 10.2 Å². The van der Waals surface area contributed by atoms with E-state index in [1.165, 1.54) is 12.1 Å². The monoisotopic (exact) mass is 446 g/mol. The van der Waals surface area contributed by atoms with Gasteiger partial charge in [0, 0.05) is 38.4 Å². The lowest BCUT2D eigenvalue weighted by atomic mass is 10.0. The van der Waals surface area contributed by atoms with E-state index >= 15 is 0 Å². The van der Waals surface area contributed by atoms with Crippen LogP contribution in [0.2, 0.25) is 0 Å². The number of halogens is 1. The number of anilines is 2. The number of hydrogen-bond acceptors (Lipinski definition) is 4. The van der Waals surface area contributed by atoms with Gasteiger partial charge in [-0.25, -0.2) is 9.18 Å². The Morgan fingerprint density at radius 3 is 2.52 bits per heavy atom. The highest BCUT2D eigenvalue weighted by atomic mass is 19.1. The first-order valence-electron chi connectivity index (χ1n) is 10.8. The molecule has 4 rings (SSSR count). The van der Waals surface area contributed by atoms with Gasteiger partial charge in [-0.3, -0.25) is 0 Å². The average Bonchev–Trinajstić information content (AvgIpc) is 3.28. The van der Waals surface area contributed by atoms with Gasteiger partial charge in [0.05, 0.1) is 12.3 Å². The average molecular weight is 447 g/mol. The maximum Gasteiger partial charge on any atom is 0.322 e. The molecule has 0 fully saturated rings. The molecule has 0 saturated carbocycles. The SMILES string of the molecule is CN(C)c1ccc(C2=NOC(CN(Cc3ccccc3)C(=O)Nc3cccc(F)c3)C2)cc1. The fraction of sp³-hybridized carbons (Fsp3) is 0.231. The van der Waals surface area contributed by atoms with Crippen molar-refractivity contribution >= 4 is 23.1 Å². The highest BCUT2D eigenvalue weighted by Gasteiger charge is 2.27. The number of carbonyl (C=O) groups is 1. The number of amides is 2. The summed E-state index contributed by atoms with van der Waals surface area (Å²) >= 11 is 0. The summed E-state index contributed by atoms with van der Waals surface area (Å²) in [6.45, 7) is 0.744. The first-order valence-corrected chi connectivity index (χ1v) is 10.8. The van der Waals surface area contributed by atoms with E-state index in [2.05, 4.69) is 10.5 Å². The van der Waals surface area contributed by atoms with E-state index in [0.717, 1.165) is 22.5 Å². The lowest BCUT2D eigenvalue weighted by Gasteiger charge is -2.25. The zero-order chi connectivity index (χ0) is 23.2. The number of benzene rings is 3. The van der Waals surface area contributed by atoms with Gasteiger partial charge >= 0.3 is 6.03 Å². The van der Waals surface area contributed by atoms with Crippen LogP contribution in [-0.2, 0) is 11.4 Å². The zero-order valence-corrected chi connectivity index (χ0v) is 18.7. The van der Waals surface area contributed by atoms with E-state index in [9.17, 15) is 9.18 Å². The summed E-state index contributed by atoms with van der Waals surface area (Å²) in [5.41, 5.74) is 4.36. The summed E-state index contributed by atoms with van der Waals surface area (Å²) in [6, 6.07) is 23.4. The number of nitrogens with one attached hydrogen (secondary N) is 1. The van der Waals surface area contributed by atoms with Crippen molar-refractivity contribution in [2.45, 2.75) is 19.1 Å². The van der Waals surface area contributed by atoms with Crippen LogP contribution in [0.4, 0.5) is 20.6 Å². The van der Waals surface area contributed by atoms with Gasteiger partial charge in [-0.15, -0.1) is 0 Å². The fourth-order valence-corrected chi connectivity index (χ4v) is 3.69. The summed E-state index contributed by atoms with van der Waals surface area (Å²) in [5.74, 6) is -0.403. The van der Waals surface area contributed by atoms with E-state index in [1.54, 1.807) is 17.0 Å². The summed E-state index contributed by atoms with van der Waals surface area (Å²) in [4.78, 5) is 22.4. The largest absolute Gasteiger partial charge is 0.390 e. The van der Waals surface area contributed by atoms with Gasteiger partial charge in [0.1, 0.15) is 5.82 Å². The number of carbonyl (C=O) groups excluding carboxylic acids is 1. The van der Waals surface area contributed by atoms with Crippen LogP contribution >= 0.6 is 0 Å². The lowest BCUT2D eigenvalue weighted by Crippen LogP contribution is -2.40. The molecule has 0 spiro atoms. The molecule has 0 aliphatic carbocycles. The minimum absolute atomic E-state index is 0.268. The number of urea groups is 1. The van der Waals surface area contributed by atoms with Crippen LogP contribution in [0.1, 0.15) is 17.5 Å². The van der Waals surface area contributed by atoms with Crippen LogP contribution in [-0.4, -0.2) is 43.4 Å². The maximum atomic E-state index is 13.6. The molecule has 1 atom stereocenters. The summed E-state index contributed by atoms with van der Waals surface area (Å²) in [5, 5.41) is 7.06. The normalized spacial score (nSPS) is 14.9.